The van der Waals surface area contributed by atoms with Crippen LogP contribution < -0.4 is 0 Å². The van der Waals surface area contributed by atoms with Crippen LogP contribution in [0, 0.1) is 6.92 Å². The highest BCUT2D eigenvalue weighted by atomic mass is 32.1. The van der Waals surface area contributed by atoms with Gasteiger partial charge in [-0.25, -0.2) is 19.5 Å². The van der Waals surface area contributed by atoms with Gasteiger partial charge in [-0.15, -0.1) is 26.6 Å². The molecule has 0 bridgehead atoms. The molecule has 0 unspecified atom stereocenters. The first-order valence-corrected chi connectivity index (χ1v) is 12.4. The Bertz CT molecular complexity index is 2020. The molecule has 0 spiro atoms. The van der Waals surface area contributed by atoms with Crippen LogP contribution in [0.15, 0.2) is 48.9 Å². The molecule has 0 amide bonds. The highest BCUT2D eigenvalue weighted by molar-refractivity contribution is 7.26. The smallest absolute Gasteiger partial charge is 0.272 e. The summed E-state index contributed by atoms with van der Waals surface area (Å²) in [6.07, 6.45) is -1.58. The van der Waals surface area contributed by atoms with Crippen LogP contribution in [0.5, 0.6) is 0 Å². The van der Waals surface area contributed by atoms with Crippen molar-refractivity contribution in [3.63, 3.8) is 0 Å². The van der Waals surface area contributed by atoms with Crippen LogP contribution in [0.3, 0.4) is 0 Å². The standard InChI is InChI=1S/C24H16F3N11S/c1-12-15(9-29-36(12)2)14-8-16(24(25,26)27)30-23-18(14)19-20(39-23)22-31-17(33-37(22)11-28-19)10-38-34-21(32-35-38)13-6-4-3-5-7-13/h3-9,11H,10H2,1-2H3. The van der Waals surface area contributed by atoms with E-state index in [0.29, 0.717) is 44.0 Å². The first-order valence-electron chi connectivity index (χ1n) is 11.6. The van der Waals surface area contributed by atoms with Gasteiger partial charge in [0.1, 0.15) is 28.1 Å². The lowest BCUT2D eigenvalue weighted by Crippen LogP contribution is -2.08. The number of hydrogen-bond acceptors (Lipinski definition) is 9. The summed E-state index contributed by atoms with van der Waals surface area (Å²) in [5, 5.41) is 21.8. The maximum atomic E-state index is 13.8. The Hall–Kier alpha value is -4.79. The van der Waals surface area contributed by atoms with Gasteiger partial charge >= 0.3 is 6.18 Å². The molecule has 0 fully saturated rings. The van der Waals surface area contributed by atoms with E-state index in [-0.39, 0.29) is 11.4 Å². The highest BCUT2D eigenvalue weighted by Gasteiger charge is 2.35. The van der Waals surface area contributed by atoms with Gasteiger partial charge in [-0.05, 0) is 23.8 Å². The molecule has 0 saturated heterocycles. The first kappa shape index (κ1) is 23.3. The van der Waals surface area contributed by atoms with Gasteiger partial charge in [0.05, 0.1) is 11.7 Å². The molecule has 0 radical (unpaired) electrons. The van der Waals surface area contributed by atoms with E-state index in [1.54, 1.807) is 24.9 Å². The third-order valence-electron chi connectivity index (χ3n) is 6.39. The maximum Gasteiger partial charge on any atom is 0.433 e. The van der Waals surface area contributed by atoms with Crippen molar-refractivity contribution in [1.82, 2.24) is 54.6 Å². The number of pyridine rings is 1. The van der Waals surface area contributed by atoms with Gasteiger partial charge < -0.3 is 0 Å². The first-order chi connectivity index (χ1) is 18.8. The van der Waals surface area contributed by atoms with Crippen molar-refractivity contribution in [3.05, 3.63) is 66.1 Å². The summed E-state index contributed by atoms with van der Waals surface area (Å²) in [5.41, 5.74) is 2.44. The molecule has 0 N–H and O–H groups in total. The molecule has 7 rings (SSSR count). The van der Waals surface area contributed by atoms with Gasteiger partial charge in [0, 0.05) is 29.3 Å². The number of thiophene rings is 1. The normalized spacial score (nSPS) is 12.3. The molecule has 0 atom stereocenters. The Balaban J connectivity index is 1.37. The molecule has 0 aliphatic carbocycles. The van der Waals surface area contributed by atoms with E-state index < -0.39 is 11.9 Å². The lowest BCUT2D eigenvalue weighted by atomic mass is 10.0. The van der Waals surface area contributed by atoms with Crippen LogP contribution in [0.2, 0.25) is 0 Å². The molecule has 6 heterocycles. The minimum Gasteiger partial charge on any atom is -0.272 e. The number of aromatic nitrogens is 11. The second-order valence-corrected chi connectivity index (χ2v) is 9.83. The van der Waals surface area contributed by atoms with Gasteiger partial charge in [0.15, 0.2) is 11.5 Å². The SMILES string of the molecule is Cc1c(-c2cc(C(F)(F)F)nc3sc4c(ncn5nc(Cn6nnc(-c7ccccc7)n6)nc45)c23)cnn1C. The van der Waals surface area contributed by atoms with Crippen LogP contribution >= 0.6 is 11.3 Å². The fraction of sp³-hybridized carbons (Fsp3) is 0.167. The third kappa shape index (κ3) is 3.80. The number of aryl methyl sites for hydroxylation is 1. The number of rotatable bonds is 4. The topological polar surface area (TPSA) is 117 Å². The Morgan fingerprint density at radius 1 is 1.03 bits per heavy atom. The fourth-order valence-electron chi connectivity index (χ4n) is 4.40. The Kier molecular flexibility index (Phi) is 5.00. The maximum absolute atomic E-state index is 13.8. The molecule has 1 aromatic carbocycles. The average molecular weight is 548 g/mol. The number of halogens is 3. The molecule has 39 heavy (non-hydrogen) atoms. The summed E-state index contributed by atoms with van der Waals surface area (Å²) in [7, 11) is 1.74. The number of benzene rings is 1. The highest BCUT2D eigenvalue weighted by Crippen LogP contribution is 2.42. The zero-order valence-corrected chi connectivity index (χ0v) is 21.1. The minimum atomic E-state index is -4.62. The summed E-state index contributed by atoms with van der Waals surface area (Å²) in [6.45, 7) is 1.94. The van der Waals surface area contributed by atoms with E-state index in [4.69, 9.17) is 0 Å². The lowest BCUT2D eigenvalue weighted by Gasteiger charge is -2.10. The van der Waals surface area contributed by atoms with Gasteiger partial charge in [-0.2, -0.15) is 23.1 Å². The van der Waals surface area contributed by atoms with Crippen molar-refractivity contribution in [2.24, 2.45) is 7.05 Å². The molecular weight excluding hydrogens is 531 g/mol. The predicted octanol–water partition coefficient (Wildman–Crippen LogP) is 4.32. The van der Waals surface area contributed by atoms with Crippen LogP contribution in [0.25, 0.3) is 48.6 Å². The number of alkyl halides is 3. The molecule has 6 aromatic heterocycles. The quantitative estimate of drug-likeness (QED) is 0.320. The van der Waals surface area contributed by atoms with E-state index in [2.05, 4.69) is 40.6 Å². The summed E-state index contributed by atoms with van der Waals surface area (Å²) in [4.78, 5) is 14.7. The predicted molar refractivity (Wildman–Crippen MR) is 136 cm³/mol. The molecule has 0 saturated carbocycles. The number of tetrazole rings is 1. The van der Waals surface area contributed by atoms with E-state index in [1.165, 1.54) is 15.6 Å². The molecule has 15 heteroatoms. The fourth-order valence-corrected chi connectivity index (χ4v) is 5.53. The monoisotopic (exact) mass is 547 g/mol. The molecule has 0 aliphatic rings. The van der Waals surface area contributed by atoms with Crippen LogP contribution in [0.4, 0.5) is 13.2 Å². The molecule has 7 aromatic rings. The van der Waals surface area contributed by atoms with E-state index in [0.717, 1.165) is 28.7 Å². The lowest BCUT2D eigenvalue weighted by molar-refractivity contribution is -0.140. The van der Waals surface area contributed by atoms with E-state index in [1.807, 2.05) is 30.3 Å². The van der Waals surface area contributed by atoms with Crippen molar-refractivity contribution >= 4 is 37.4 Å². The third-order valence-corrected chi connectivity index (χ3v) is 7.46. The van der Waals surface area contributed by atoms with Gasteiger partial charge in [0.25, 0.3) is 0 Å². The van der Waals surface area contributed by atoms with Crippen molar-refractivity contribution in [3.8, 4) is 22.5 Å². The average Bonchev–Trinajstić information content (AvgIpc) is 3.69. The molecule has 0 aliphatic heterocycles. The van der Waals surface area contributed by atoms with E-state index in [9.17, 15) is 13.2 Å². The summed E-state index contributed by atoms with van der Waals surface area (Å²) >= 11 is 1.09. The van der Waals surface area contributed by atoms with Crippen molar-refractivity contribution < 1.29 is 13.2 Å². The summed E-state index contributed by atoms with van der Waals surface area (Å²) in [5.74, 6) is 0.865. The molecule has 11 nitrogen and oxygen atoms in total. The Labute approximate surface area is 220 Å². The van der Waals surface area contributed by atoms with Gasteiger partial charge in [-0.1, -0.05) is 30.3 Å². The number of fused-ring (bicyclic) bond motifs is 5. The molecular formula is C24H16F3N11S. The number of hydrogen-bond donors (Lipinski definition) is 0. The van der Waals surface area contributed by atoms with Gasteiger partial charge in [-0.3, -0.25) is 4.68 Å². The van der Waals surface area contributed by atoms with E-state index >= 15 is 0 Å². The Morgan fingerprint density at radius 3 is 2.59 bits per heavy atom. The second kappa shape index (κ2) is 8.36. The summed E-state index contributed by atoms with van der Waals surface area (Å²) < 4.78 is 45.1. The second-order valence-electron chi connectivity index (χ2n) is 8.83. The Morgan fingerprint density at radius 2 is 1.85 bits per heavy atom. The van der Waals surface area contributed by atoms with Crippen molar-refractivity contribution in [2.45, 2.75) is 19.6 Å². The zero-order chi connectivity index (χ0) is 26.9. The zero-order valence-electron chi connectivity index (χ0n) is 20.3. The summed E-state index contributed by atoms with van der Waals surface area (Å²) in [6, 6.07) is 10.5. The van der Waals surface area contributed by atoms with Crippen LogP contribution in [-0.2, 0) is 19.8 Å². The van der Waals surface area contributed by atoms with Crippen LogP contribution in [-0.4, -0.2) is 54.6 Å². The van der Waals surface area contributed by atoms with Crippen molar-refractivity contribution in [1.29, 1.82) is 0 Å². The minimum absolute atomic E-state index is 0.143. The van der Waals surface area contributed by atoms with Crippen LogP contribution in [0.1, 0.15) is 17.2 Å². The molecule has 194 valence electrons. The largest absolute Gasteiger partial charge is 0.433 e. The van der Waals surface area contributed by atoms with Crippen molar-refractivity contribution in [2.75, 3.05) is 0 Å². The van der Waals surface area contributed by atoms with Gasteiger partial charge in [0.2, 0.25) is 5.82 Å². The number of nitrogens with zero attached hydrogens (tertiary/aromatic N) is 11.